The van der Waals surface area contributed by atoms with Crippen LogP contribution in [0.5, 0.6) is 0 Å². The van der Waals surface area contributed by atoms with Gasteiger partial charge in [-0.3, -0.25) is 0 Å². The minimum absolute atomic E-state index is 0.174. The molecule has 0 spiro atoms. The lowest BCUT2D eigenvalue weighted by Gasteiger charge is -1.95. The van der Waals surface area contributed by atoms with E-state index in [1.165, 1.54) is 6.07 Å². The van der Waals surface area contributed by atoms with Crippen LogP contribution in [0.15, 0.2) is 18.2 Å². The van der Waals surface area contributed by atoms with E-state index in [4.69, 9.17) is 0 Å². The Kier molecular flexibility index (Phi) is 4.19. The van der Waals surface area contributed by atoms with Gasteiger partial charge in [-0.05, 0) is 31.0 Å². The lowest BCUT2D eigenvalue weighted by molar-refractivity contribution is 0.618. The van der Waals surface area contributed by atoms with Crippen molar-refractivity contribution in [1.82, 2.24) is 0 Å². The second kappa shape index (κ2) is 5.44. The lowest BCUT2D eigenvalue weighted by Crippen LogP contribution is -1.83. The summed E-state index contributed by atoms with van der Waals surface area (Å²) in [4.78, 5) is 0. The summed E-state index contributed by atoms with van der Waals surface area (Å²) in [7, 11) is 0. The fourth-order valence-electron chi connectivity index (χ4n) is 1.10. The van der Waals surface area contributed by atoms with Crippen LogP contribution in [-0.2, 0) is 0 Å². The Hall–Kier alpha value is -1.29. The largest absolute Gasteiger partial charge is 0.207 e. The zero-order valence-electron chi connectivity index (χ0n) is 8.73. The summed E-state index contributed by atoms with van der Waals surface area (Å²) in [6, 6.07) is 5.12. The van der Waals surface area contributed by atoms with Gasteiger partial charge in [0.15, 0.2) is 0 Å². The SMILES string of the molecule is CCCCC#Cc1ccc(C)c(F)c1. The Morgan fingerprint density at radius 2 is 2.14 bits per heavy atom. The smallest absolute Gasteiger partial charge is 0.127 e. The first-order valence-electron chi connectivity index (χ1n) is 4.99. The summed E-state index contributed by atoms with van der Waals surface area (Å²) in [5.41, 5.74) is 1.44. The molecular weight excluding hydrogens is 175 g/mol. The Morgan fingerprint density at radius 3 is 2.79 bits per heavy atom. The van der Waals surface area contributed by atoms with Crippen LogP contribution >= 0.6 is 0 Å². The van der Waals surface area contributed by atoms with Crippen molar-refractivity contribution in [3.8, 4) is 11.8 Å². The number of unbranched alkanes of at least 4 members (excludes halogenated alkanes) is 2. The van der Waals surface area contributed by atoms with E-state index in [-0.39, 0.29) is 5.82 Å². The Balaban J connectivity index is 2.66. The quantitative estimate of drug-likeness (QED) is 0.493. The molecule has 0 aromatic heterocycles. The number of rotatable bonds is 2. The fourth-order valence-corrected chi connectivity index (χ4v) is 1.10. The predicted molar refractivity (Wildman–Crippen MR) is 57.5 cm³/mol. The van der Waals surface area contributed by atoms with Gasteiger partial charge >= 0.3 is 0 Å². The fraction of sp³-hybridized carbons (Fsp3) is 0.385. The van der Waals surface area contributed by atoms with Crippen LogP contribution in [-0.4, -0.2) is 0 Å². The standard InChI is InChI=1S/C13H15F/c1-3-4-5-6-7-12-9-8-11(2)13(14)10-12/h8-10H,3-5H2,1-2H3. The summed E-state index contributed by atoms with van der Waals surface area (Å²) in [5.74, 6) is 5.82. The molecule has 0 bridgehead atoms. The molecule has 0 heterocycles. The average Bonchev–Trinajstić information content (AvgIpc) is 2.18. The van der Waals surface area contributed by atoms with E-state index in [0.29, 0.717) is 5.56 Å². The van der Waals surface area contributed by atoms with Crippen molar-refractivity contribution in [2.75, 3.05) is 0 Å². The van der Waals surface area contributed by atoms with Crippen molar-refractivity contribution in [2.45, 2.75) is 33.1 Å². The highest BCUT2D eigenvalue weighted by Crippen LogP contribution is 2.07. The van der Waals surface area contributed by atoms with E-state index >= 15 is 0 Å². The van der Waals surface area contributed by atoms with Crippen molar-refractivity contribution in [1.29, 1.82) is 0 Å². The second-order valence-electron chi connectivity index (χ2n) is 3.37. The average molecular weight is 190 g/mol. The Morgan fingerprint density at radius 1 is 1.36 bits per heavy atom. The molecule has 0 unspecified atom stereocenters. The number of aryl methyl sites for hydroxylation is 1. The highest BCUT2D eigenvalue weighted by Gasteiger charge is 1.95. The summed E-state index contributed by atoms with van der Waals surface area (Å²) < 4.78 is 13.1. The molecular formula is C13H15F. The molecule has 74 valence electrons. The molecule has 0 radical (unpaired) electrons. The molecule has 0 aliphatic carbocycles. The van der Waals surface area contributed by atoms with Gasteiger partial charge < -0.3 is 0 Å². The van der Waals surface area contributed by atoms with Gasteiger partial charge in [-0.2, -0.15) is 0 Å². The minimum Gasteiger partial charge on any atom is -0.207 e. The van der Waals surface area contributed by atoms with Crippen molar-refractivity contribution >= 4 is 0 Å². The van der Waals surface area contributed by atoms with Crippen LogP contribution in [0.2, 0.25) is 0 Å². The van der Waals surface area contributed by atoms with Crippen LogP contribution in [0, 0.1) is 24.6 Å². The first-order chi connectivity index (χ1) is 6.74. The van der Waals surface area contributed by atoms with Gasteiger partial charge in [0.1, 0.15) is 5.82 Å². The molecule has 1 rings (SSSR count). The van der Waals surface area contributed by atoms with Gasteiger partial charge in [-0.1, -0.05) is 31.3 Å². The van der Waals surface area contributed by atoms with Gasteiger partial charge in [0, 0.05) is 12.0 Å². The van der Waals surface area contributed by atoms with Crippen LogP contribution < -0.4 is 0 Å². The second-order valence-corrected chi connectivity index (χ2v) is 3.37. The highest BCUT2D eigenvalue weighted by molar-refractivity contribution is 5.36. The van der Waals surface area contributed by atoms with Gasteiger partial charge in [-0.25, -0.2) is 4.39 Å². The van der Waals surface area contributed by atoms with Gasteiger partial charge in [0.2, 0.25) is 0 Å². The van der Waals surface area contributed by atoms with Crippen molar-refractivity contribution < 1.29 is 4.39 Å². The Labute approximate surface area is 85.2 Å². The number of hydrogen-bond donors (Lipinski definition) is 0. The molecule has 0 atom stereocenters. The summed E-state index contributed by atoms with van der Waals surface area (Å²) >= 11 is 0. The Bertz CT molecular complexity index is 355. The predicted octanol–water partition coefficient (Wildman–Crippen LogP) is 3.68. The molecule has 1 aromatic carbocycles. The first kappa shape index (κ1) is 10.8. The van der Waals surface area contributed by atoms with E-state index in [9.17, 15) is 4.39 Å². The number of hydrogen-bond acceptors (Lipinski definition) is 0. The van der Waals surface area contributed by atoms with Crippen LogP contribution in [0.1, 0.15) is 37.3 Å². The summed E-state index contributed by atoms with van der Waals surface area (Å²) in [6.07, 6.45) is 3.16. The molecule has 1 heteroatoms. The zero-order valence-corrected chi connectivity index (χ0v) is 8.73. The monoisotopic (exact) mass is 190 g/mol. The molecule has 0 aliphatic heterocycles. The summed E-state index contributed by atoms with van der Waals surface area (Å²) in [6.45, 7) is 3.89. The minimum atomic E-state index is -0.174. The molecule has 1 aromatic rings. The zero-order chi connectivity index (χ0) is 10.4. The molecule has 0 amide bonds. The topological polar surface area (TPSA) is 0 Å². The number of benzene rings is 1. The molecule has 0 saturated heterocycles. The maximum Gasteiger partial charge on any atom is 0.127 e. The third kappa shape index (κ3) is 3.22. The molecule has 0 nitrogen and oxygen atoms in total. The van der Waals surface area contributed by atoms with Crippen molar-refractivity contribution in [2.24, 2.45) is 0 Å². The molecule has 0 aliphatic rings. The molecule has 14 heavy (non-hydrogen) atoms. The first-order valence-corrected chi connectivity index (χ1v) is 4.99. The number of halogens is 1. The molecule has 0 fully saturated rings. The van der Waals surface area contributed by atoms with E-state index in [1.807, 2.05) is 6.07 Å². The third-order valence-electron chi connectivity index (χ3n) is 2.06. The normalized spacial score (nSPS) is 9.36. The van der Waals surface area contributed by atoms with E-state index in [1.54, 1.807) is 13.0 Å². The maximum absolute atomic E-state index is 13.1. The molecule has 0 N–H and O–H groups in total. The maximum atomic E-state index is 13.1. The highest BCUT2D eigenvalue weighted by atomic mass is 19.1. The van der Waals surface area contributed by atoms with Gasteiger partial charge in [0.25, 0.3) is 0 Å². The van der Waals surface area contributed by atoms with Crippen LogP contribution in [0.3, 0.4) is 0 Å². The molecule has 0 saturated carbocycles. The van der Waals surface area contributed by atoms with Crippen LogP contribution in [0.4, 0.5) is 4.39 Å². The van der Waals surface area contributed by atoms with Crippen molar-refractivity contribution in [3.05, 3.63) is 35.1 Å². The van der Waals surface area contributed by atoms with E-state index < -0.39 is 0 Å². The summed E-state index contributed by atoms with van der Waals surface area (Å²) in [5, 5.41) is 0. The van der Waals surface area contributed by atoms with Gasteiger partial charge in [-0.15, -0.1) is 0 Å². The van der Waals surface area contributed by atoms with Crippen LogP contribution in [0.25, 0.3) is 0 Å². The third-order valence-corrected chi connectivity index (χ3v) is 2.06. The van der Waals surface area contributed by atoms with Gasteiger partial charge in [0.05, 0.1) is 0 Å². The van der Waals surface area contributed by atoms with E-state index in [2.05, 4.69) is 18.8 Å². The van der Waals surface area contributed by atoms with Crippen molar-refractivity contribution in [3.63, 3.8) is 0 Å². The van der Waals surface area contributed by atoms with E-state index in [0.717, 1.165) is 24.8 Å². The lowest BCUT2D eigenvalue weighted by atomic mass is 10.1.